The fraction of sp³-hybridized carbons (Fsp3) is 0.571. The number of hydrogen-bond acceptors (Lipinski definition) is 3. The lowest BCUT2D eigenvalue weighted by molar-refractivity contribution is -0.274. The molecule has 2 atom stereocenters. The number of rotatable bonds is 3. The van der Waals surface area contributed by atoms with Crippen LogP contribution in [0, 0.1) is 5.92 Å². The van der Waals surface area contributed by atoms with E-state index in [4.69, 9.17) is 4.74 Å². The molecule has 0 saturated carbocycles. The third-order valence-corrected chi connectivity index (χ3v) is 3.33. The number of halogens is 3. The predicted octanol–water partition coefficient (Wildman–Crippen LogP) is 3.27. The van der Waals surface area contributed by atoms with Gasteiger partial charge in [0.15, 0.2) is 0 Å². The molecule has 1 heterocycles. The Kier molecular flexibility index (Phi) is 4.55. The van der Waals surface area contributed by atoms with Crippen molar-refractivity contribution in [1.82, 2.24) is 5.32 Å². The Labute approximate surface area is 116 Å². The maximum Gasteiger partial charge on any atom is 0.573 e. The molecule has 1 aromatic carbocycles. The van der Waals surface area contributed by atoms with Crippen LogP contribution in [0.3, 0.4) is 0 Å². The van der Waals surface area contributed by atoms with Crippen LogP contribution in [0.5, 0.6) is 5.75 Å². The summed E-state index contributed by atoms with van der Waals surface area (Å²) in [5.74, 6) is 0.267. The first kappa shape index (κ1) is 15.1. The van der Waals surface area contributed by atoms with E-state index in [-0.39, 0.29) is 11.9 Å². The van der Waals surface area contributed by atoms with Crippen molar-refractivity contribution in [2.24, 2.45) is 5.92 Å². The summed E-state index contributed by atoms with van der Waals surface area (Å²) in [5.41, 5.74) is 0.842. The van der Waals surface area contributed by atoms with E-state index in [9.17, 15) is 13.2 Å². The molecule has 1 N–H and O–H groups in total. The second-order valence-corrected chi connectivity index (χ2v) is 5.20. The number of morpholine rings is 1. The Bertz CT molecular complexity index is 423. The van der Waals surface area contributed by atoms with Gasteiger partial charge >= 0.3 is 6.36 Å². The molecular weight excluding hydrogens is 271 g/mol. The van der Waals surface area contributed by atoms with Crippen LogP contribution in [0.2, 0.25) is 0 Å². The smallest absolute Gasteiger partial charge is 0.406 e. The van der Waals surface area contributed by atoms with Gasteiger partial charge in [0.2, 0.25) is 0 Å². The fourth-order valence-corrected chi connectivity index (χ4v) is 2.12. The van der Waals surface area contributed by atoms with Crippen molar-refractivity contribution in [2.75, 3.05) is 13.2 Å². The summed E-state index contributed by atoms with van der Waals surface area (Å²) >= 11 is 0. The molecule has 2 rings (SSSR count). The predicted molar refractivity (Wildman–Crippen MR) is 68.4 cm³/mol. The lowest BCUT2D eigenvalue weighted by atomic mass is 10.0. The van der Waals surface area contributed by atoms with Crippen molar-refractivity contribution >= 4 is 0 Å². The van der Waals surface area contributed by atoms with Gasteiger partial charge in [-0.1, -0.05) is 26.0 Å². The molecule has 1 saturated heterocycles. The zero-order valence-electron chi connectivity index (χ0n) is 11.4. The Hall–Kier alpha value is -1.27. The molecule has 0 aliphatic carbocycles. The molecular formula is C14H18F3NO2. The van der Waals surface area contributed by atoms with E-state index in [0.717, 1.165) is 5.56 Å². The van der Waals surface area contributed by atoms with Crippen LogP contribution < -0.4 is 10.1 Å². The zero-order valence-corrected chi connectivity index (χ0v) is 11.4. The molecule has 1 fully saturated rings. The van der Waals surface area contributed by atoms with Gasteiger partial charge < -0.3 is 14.8 Å². The number of alkyl halides is 3. The van der Waals surface area contributed by atoms with E-state index < -0.39 is 6.36 Å². The van der Waals surface area contributed by atoms with Gasteiger partial charge in [0, 0.05) is 12.6 Å². The Balaban J connectivity index is 1.94. The van der Waals surface area contributed by atoms with Crippen LogP contribution in [-0.4, -0.2) is 25.6 Å². The van der Waals surface area contributed by atoms with E-state index in [1.54, 1.807) is 12.1 Å². The van der Waals surface area contributed by atoms with Crippen molar-refractivity contribution in [3.63, 3.8) is 0 Å². The van der Waals surface area contributed by atoms with Crippen molar-refractivity contribution in [3.8, 4) is 5.75 Å². The lowest BCUT2D eigenvalue weighted by Crippen LogP contribution is -2.45. The SMILES string of the molecule is CC(C)C1COC(c2ccc(OC(F)(F)F)cc2)CN1. The first-order valence-corrected chi connectivity index (χ1v) is 6.56. The van der Waals surface area contributed by atoms with E-state index >= 15 is 0 Å². The number of hydrogen-bond donors (Lipinski definition) is 1. The second-order valence-electron chi connectivity index (χ2n) is 5.20. The van der Waals surface area contributed by atoms with Crippen LogP contribution in [-0.2, 0) is 4.74 Å². The van der Waals surface area contributed by atoms with Crippen LogP contribution in [0.4, 0.5) is 13.2 Å². The van der Waals surface area contributed by atoms with E-state index in [1.807, 2.05) is 0 Å². The molecule has 0 amide bonds. The molecule has 0 aromatic heterocycles. The topological polar surface area (TPSA) is 30.5 Å². The number of ether oxygens (including phenoxy) is 2. The second kappa shape index (κ2) is 6.01. The summed E-state index contributed by atoms with van der Waals surface area (Å²) in [6, 6.07) is 6.13. The Morgan fingerprint density at radius 3 is 2.35 bits per heavy atom. The standard InChI is InChI=1S/C14H18F3NO2/c1-9(2)12-8-19-13(7-18-12)10-3-5-11(6-4-10)20-14(15,16)17/h3-6,9,12-13,18H,7-8H2,1-2H3. The van der Waals surface area contributed by atoms with Gasteiger partial charge in [0.25, 0.3) is 0 Å². The molecule has 0 bridgehead atoms. The quantitative estimate of drug-likeness (QED) is 0.926. The zero-order chi connectivity index (χ0) is 14.8. The van der Waals surface area contributed by atoms with Crippen LogP contribution in [0.25, 0.3) is 0 Å². The van der Waals surface area contributed by atoms with Crippen molar-refractivity contribution in [2.45, 2.75) is 32.4 Å². The van der Waals surface area contributed by atoms with Crippen LogP contribution in [0.15, 0.2) is 24.3 Å². The van der Waals surface area contributed by atoms with Crippen LogP contribution in [0.1, 0.15) is 25.5 Å². The van der Waals surface area contributed by atoms with Gasteiger partial charge in [-0.2, -0.15) is 0 Å². The minimum absolute atomic E-state index is 0.134. The highest BCUT2D eigenvalue weighted by Gasteiger charge is 2.31. The highest BCUT2D eigenvalue weighted by molar-refractivity contribution is 5.29. The summed E-state index contributed by atoms with van der Waals surface area (Å²) in [6.07, 6.45) is -4.79. The third-order valence-electron chi connectivity index (χ3n) is 3.33. The Morgan fingerprint density at radius 1 is 1.25 bits per heavy atom. The maximum absolute atomic E-state index is 12.1. The van der Waals surface area contributed by atoms with Gasteiger partial charge in [0.1, 0.15) is 5.75 Å². The molecule has 2 unspecified atom stereocenters. The van der Waals surface area contributed by atoms with E-state index in [0.29, 0.717) is 25.1 Å². The van der Waals surface area contributed by atoms with Gasteiger partial charge in [-0.25, -0.2) is 0 Å². The summed E-state index contributed by atoms with van der Waals surface area (Å²) in [6.45, 7) is 5.49. The maximum atomic E-state index is 12.1. The van der Waals surface area contributed by atoms with Gasteiger partial charge in [-0.15, -0.1) is 13.2 Å². The summed E-state index contributed by atoms with van der Waals surface area (Å²) < 4.78 is 45.8. The average Bonchev–Trinajstić information content (AvgIpc) is 2.38. The average molecular weight is 289 g/mol. The molecule has 6 heteroatoms. The first-order valence-electron chi connectivity index (χ1n) is 6.56. The molecule has 112 valence electrons. The van der Waals surface area contributed by atoms with Crippen LogP contribution >= 0.6 is 0 Å². The molecule has 20 heavy (non-hydrogen) atoms. The molecule has 0 radical (unpaired) electrons. The van der Waals surface area contributed by atoms with Gasteiger partial charge in [-0.05, 0) is 23.6 Å². The van der Waals surface area contributed by atoms with Crippen molar-refractivity contribution in [3.05, 3.63) is 29.8 Å². The molecule has 1 aromatic rings. The normalized spacial score (nSPS) is 23.9. The van der Waals surface area contributed by atoms with E-state index in [1.165, 1.54) is 12.1 Å². The molecule has 1 aliphatic rings. The molecule has 0 spiro atoms. The highest BCUT2D eigenvalue weighted by Crippen LogP contribution is 2.26. The lowest BCUT2D eigenvalue weighted by Gasteiger charge is -2.32. The summed E-state index contributed by atoms with van der Waals surface area (Å²) in [5, 5.41) is 3.38. The monoisotopic (exact) mass is 289 g/mol. The highest BCUT2D eigenvalue weighted by atomic mass is 19.4. The van der Waals surface area contributed by atoms with Gasteiger partial charge in [0.05, 0.1) is 12.7 Å². The molecule has 3 nitrogen and oxygen atoms in total. The van der Waals surface area contributed by atoms with Gasteiger partial charge in [-0.3, -0.25) is 0 Å². The fourth-order valence-electron chi connectivity index (χ4n) is 2.12. The largest absolute Gasteiger partial charge is 0.573 e. The third kappa shape index (κ3) is 4.11. The van der Waals surface area contributed by atoms with E-state index in [2.05, 4.69) is 23.9 Å². The Morgan fingerprint density at radius 2 is 1.90 bits per heavy atom. The first-order chi connectivity index (χ1) is 9.35. The minimum Gasteiger partial charge on any atom is -0.406 e. The van der Waals surface area contributed by atoms with Crippen molar-refractivity contribution < 1.29 is 22.6 Å². The molecule has 1 aliphatic heterocycles. The van der Waals surface area contributed by atoms with Crippen molar-refractivity contribution in [1.29, 1.82) is 0 Å². The summed E-state index contributed by atoms with van der Waals surface area (Å²) in [4.78, 5) is 0. The summed E-state index contributed by atoms with van der Waals surface area (Å²) in [7, 11) is 0. The minimum atomic E-state index is -4.66. The number of nitrogens with one attached hydrogen (secondary N) is 1. The number of benzene rings is 1.